The molecule has 1 heterocycles. The molecule has 1 aliphatic heterocycles. The summed E-state index contributed by atoms with van der Waals surface area (Å²) < 4.78 is 21.8. The lowest BCUT2D eigenvalue weighted by Gasteiger charge is -2.36. The second kappa shape index (κ2) is 7.96. The average Bonchev–Trinajstić information content (AvgIpc) is 2.70. The maximum Gasteiger partial charge on any atom is 0.210 e. The second-order valence-corrected chi connectivity index (χ2v) is 6.51. The van der Waals surface area contributed by atoms with Gasteiger partial charge in [0.15, 0.2) is 23.0 Å². The predicted molar refractivity (Wildman–Crippen MR) is 102 cm³/mol. The SMILES string of the molecule is COc1cc(C2c3ccc(OC)c(OC)c3CCN2C=O)cc(Cl)c1OC. The van der Waals surface area contributed by atoms with E-state index in [9.17, 15) is 4.79 Å². The van der Waals surface area contributed by atoms with E-state index >= 15 is 0 Å². The molecule has 1 aliphatic rings. The third-order valence-corrected chi connectivity index (χ3v) is 5.12. The lowest BCUT2D eigenvalue weighted by molar-refractivity contribution is -0.120. The zero-order chi connectivity index (χ0) is 19.6. The van der Waals surface area contributed by atoms with Gasteiger partial charge in [-0.2, -0.15) is 0 Å². The minimum atomic E-state index is -0.316. The standard InChI is InChI=1S/C20H22ClNO5/c1-24-16-6-5-13-14(19(16)26-3)7-8-22(11-23)18(13)12-9-15(21)20(27-4)17(10-12)25-2/h5-6,9-11,18H,7-8H2,1-4H3. The number of amides is 1. The van der Waals surface area contributed by atoms with Crippen LogP contribution in [-0.4, -0.2) is 46.3 Å². The van der Waals surface area contributed by atoms with Gasteiger partial charge >= 0.3 is 0 Å². The number of fused-ring (bicyclic) bond motifs is 1. The highest BCUT2D eigenvalue weighted by Gasteiger charge is 2.32. The smallest absolute Gasteiger partial charge is 0.210 e. The highest BCUT2D eigenvalue weighted by Crippen LogP contribution is 2.45. The third kappa shape index (κ3) is 3.25. The van der Waals surface area contributed by atoms with E-state index in [0.717, 1.165) is 23.1 Å². The molecular formula is C20H22ClNO5. The summed E-state index contributed by atoms with van der Waals surface area (Å²) >= 11 is 6.40. The first kappa shape index (κ1) is 19.2. The van der Waals surface area contributed by atoms with Crippen molar-refractivity contribution in [2.45, 2.75) is 12.5 Å². The van der Waals surface area contributed by atoms with Crippen LogP contribution < -0.4 is 18.9 Å². The molecule has 27 heavy (non-hydrogen) atoms. The number of hydrogen-bond donors (Lipinski definition) is 0. The third-order valence-electron chi connectivity index (χ3n) is 4.84. The number of nitrogens with zero attached hydrogens (tertiary/aromatic N) is 1. The van der Waals surface area contributed by atoms with Gasteiger partial charge in [0, 0.05) is 12.1 Å². The number of benzene rings is 2. The topological polar surface area (TPSA) is 57.2 Å². The Morgan fingerprint density at radius 1 is 1.00 bits per heavy atom. The number of rotatable bonds is 6. The highest BCUT2D eigenvalue weighted by molar-refractivity contribution is 6.32. The van der Waals surface area contributed by atoms with Gasteiger partial charge in [0.25, 0.3) is 0 Å². The molecule has 144 valence electrons. The van der Waals surface area contributed by atoms with Crippen LogP contribution in [0.5, 0.6) is 23.0 Å². The molecule has 0 bridgehead atoms. The van der Waals surface area contributed by atoms with E-state index in [0.29, 0.717) is 41.0 Å². The zero-order valence-electron chi connectivity index (χ0n) is 15.7. The number of halogens is 1. The van der Waals surface area contributed by atoms with Crippen molar-refractivity contribution in [2.24, 2.45) is 0 Å². The van der Waals surface area contributed by atoms with Gasteiger partial charge in [0.05, 0.1) is 39.5 Å². The van der Waals surface area contributed by atoms with Gasteiger partial charge in [0.1, 0.15) is 0 Å². The molecule has 0 saturated carbocycles. The van der Waals surface area contributed by atoms with E-state index in [1.807, 2.05) is 18.2 Å². The van der Waals surface area contributed by atoms with E-state index in [-0.39, 0.29) is 6.04 Å². The average molecular weight is 392 g/mol. The van der Waals surface area contributed by atoms with Crippen LogP contribution in [-0.2, 0) is 11.2 Å². The maximum atomic E-state index is 11.8. The Morgan fingerprint density at radius 2 is 1.70 bits per heavy atom. The Kier molecular flexibility index (Phi) is 5.65. The minimum absolute atomic E-state index is 0.316. The molecule has 0 aliphatic carbocycles. The molecule has 0 radical (unpaired) electrons. The van der Waals surface area contributed by atoms with Crippen LogP contribution in [0.3, 0.4) is 0 Å². The van der Waals surface area contributed by atoms with Crippen LogP contribution in [0.1, 0.15) is 22.7 Å². The predicted octanol–water partition coefficient (Wildman–Crippen LogP) is 3.48. The summed E-state index contributed by atoms with van der Waals surface area (Å²) in [5.41, 5.74) is 2.82. The van der Waals surface area contributed by atoms with Gasteiger partial charge < -0.3 is 23.8 Å². The normalized spacial score (nSPS) is 15.7. The van der Waals surface area contributed by atoms with Gasteiger partial charge in [-0.05, 0) is 35.7 Å². The number of hydrogen-bond acceptors (Lipinski definition) is 5. The summed E-state index contributed by atoms with van der Waals surface area (Å²) in [7, 11) is 6.31. The van der Waals surface area contributed by atoms with Crippen LogP contribution in [0.2, 0.25) is 5.02 Å². The Morgan fingerprint density at radius 3 is 2.30 bits per heavy atom. The van der Waals surface area contributed by atoms with Crippen molar-refractivity contribution in [1.29, 1.82) is 0 Å². The molecule has 2 aromatic rings. The number of carbonyl (C=O) groups is 1. The fraction of sp³-hybridized carbons (Fsp3) is 0.350. The van der Waals surface area contributed by atoms with Crippen LogP contribution in [0.15, 0.2) is 24.3 Å². The molecule has 0 spiro atoms. The number of carbonyl (C=O) groups excluding carboxylic acids is 1. The summed E-state index contributed by atoms with van der Waals surface area (Å²) in [5.74, 6) is 2.33. The number of methoxy groups -OCH3 is 4. The van der Waals surface area contributed by atoms with E-state index < -0.39 is 0 Å². The van der Waals surface area contributed by atoms with Crippen molar-refractivity contribution >= 4 is 18.0 Å². The highest BCUT2D eigenvalue weighted by atomic mass is 35.5. The molecule has 6 nitrogen and oxygen atoms in total. The fourth-order valence-corrected chi connectivity index (χ4v) is 3.95. The van der Waals surface area contributed by atoms with Crippen LogP contribution in [0.4, 0.5) is 0 Å². The van der Waals surface area contributed by atoms with Crippen LogP contribution >= 0.6 is 11.6 Å². The van der Waals surface area contributed by atoms with Crippen molar-refractivity contribution < 1.29 is 23.7 Å². The second-order valence-electron chi connectivity index (χ2n) is 6.10. The quantitative estimate of drug-likeness (QED) is 0.705. The van der Waals surface area contributed by atoms with Crippen molar-refractivity contribution in [2.75, 3.05) is 35.0 Å². The summed E-state index contributed by atoms with van der Waals surface area (Å²) in [4.78, 5) is 13.5. The Hall–Kier alpha value is -2.60. The van der Waals surface area contributed by atoms with Gasteiger partial charge in [0.2, 0.25) is 6.41 Å². The lowest BCUT2D eigenvalue weighted by atomic mass is 9.87. The fourth-order valence-electron chi connectivity index (χ4n) is 3.65. The summed E-state index contributed by atoms with van der Waals surface area (Å²) in [5, 5.41) is 0.422. The molecule has 0 saturated heterocycles. The first-order valence-corrected chi connectivity index (χ1v) is 8.83. The molecule has 0 aromatic heterocycles. The van der Waals surface area contributed by atoms with Crippen molar-refractivity contribution in [1.82, 2.24) is 4.90 Å². The van der Waals surface area contributed by atoms with E-state index in [4.69, 9.17) is 30.5 Å². The Balaban J connectivity index is 2.21. The van der Waals surface area contributed by atoms with Crippen LogP contribution in [0.25, 0.3) is 0 Å². The summed E-state index contributed by atoms with van der Waals surface area (Å²) in [6, 6.07) is 7.14. The first-order chi connectivity index (χ1) is 13.1. The molecule has 7 heteroatoms. The lowest BCUT2D eigenvalue weighted by Crippen LogP contribution is -2.35. The molecule has 0 fully saturated rings. The largest absolute Gasteiger partial charge is 0.493 e. The molecule has 3 rings (SSSR count). The Bertz CT molecular complexity index is 855. The summed E-state index contributed by atoms with van der Waals surface area (Å²) in [6.45, 7) is 0.552. The Labute approximate surface area is 163 Å². The van der Waals surface area contributed by atoms with Gasteiger partial charge in [-0.1, -0.05) is 17.7 Å². The van der Waals surface area contributed by atoms with Crippen LogP contribution in [0, 0.1) is 0 Å². The van der Waals surface area contributed by atoms with Crippen molar-refractivity contribution in [3.63, 3.8) is 0 Å². The first-order valence-electron chi connectivity index (χ1n) is 8.45. The van der Waals surface area contributed by atoms with E-state index in [1.165, 1.54) is 7.11 Å². The molecular weight excluding hydrogens is 370 g/mol. The molecule has 0 N–H and O–H groups in total. The summed E-state index contributed by atoms with van der Waals surface area (Å²) in [6.07, 6.45) is 1.53. The van der Waals surface area contributed by atoms with Gasteiger partial charge in [-0.3, -0.25) is 4.79 Å². The van der Waals surface area contributed by atoms with Gasteiger partial charge in [-0.25, -0.2) is 0 Å². The van der Waals surface area contributed by atoms with Gasteiger partial charge in [-0.15, -0.1) is 0 Å². The molecule has 1 atom stereocenters. The van der Waals surface area contributed by atoms with Crippen molar-refractivity contribution in [3.8, 4) is 23.0 Å². The molecule has 1 unspecified atom stereocenters. The van der Waals surface area contributed by atoms with Crippen molar-refractivity contribution in [3.05, 3.63) is 46.0 Å². The van der Waals surface area contributed by atoms with E-state index in [2.05, 4.69) is 0 Å². The minimum Gasteiger partial charge on any atom is -0.493 e. The molecule has 1 amide bonds. The maximum absolute atomic E-state index is 11.8. The molecule has 2 aromatic carbocycles. The zero-order valence-corrected chi connectivity index (χ0v) is 16.5. The monoisotopic (exact) mass is 391 g/mol. The van der Waals surface area contributed by atoms with E-state index in [1.54, 1.807) is 32.3 Å². The number of ether oxygens (including phenoxy) is 4.